The maximum atomic E-state index is 11.4. The summed E-state index contributed by atoms with van der Waals surface area (Å²) in [5.41, 5.74) is 0.825. The monoisotopic (exact) mass is 337 g/mol. The van der Waals surface area contributed by atoms with Gasteiger partial charge in [-0.3, -0.25) is 4.79 Å². The van der Waals surface area contributed by atoms with Crippen molar-refractivity contribution in [3.05, 3.63) is 34.2 Å². The molecule has 0 amide bonds. The minimum Gasteiger partial charge on any atom is -0.469 e. The van der Waals surface area contributed by atoms with E-state index >= 15 is 0 Å². The minimum absolute atomic E-state index is 0.0505. The zero-order valence-electron chi connectivity index (χ0n) is 12.2. The van der Waals surface area contributed by atoms with E-state index in [2.05, 4.69) is 19.9 Å². The standard InChI is InChI=1S/C14H15N3O3S2/c1-20-13(18)7-9(8-16-19)11-3-4-12(22-11)10-5-6-15-14(17-10)21-2/h3-6,9H,7-8H2,1-2H3. The topological polar surface area (TPSA) is 81.5 Å². The van der Waals surface area contributed by atoms with Gasteiger partial charge in [0.15, 0.2) is 5.16 Å². The number of nitrogens with zero attached hydrogens (tertiary/aromatic N) is 3. The van der Waals surface area contributed by atoms with Crippen LogP contribution in [-0.2, 0) is 9.53 Å². The van der Waals surface area contributed by atoms with Gasteiger partial charge in [0.25, 0.3) is 0 Å². The predicted molar refractivity (Wildman–Crippen MR) is 87.2 cm³/mol. The van der Waals surface area contributed by atoms with Gasteiger partial charge in [0.2, 0.25) is 0 Å². The summed E-state index contributed by atoms with van der Waals surface area (Å²) in [6, 6.07) is 5.67. The molecule has 2 aromatic rings. The fourth-order valence-corrected chi connectivity index (χ4v) is 3.34. The van der Waals surface area contributed by atoms with E-state index in [1.54, 1.807) is 6.20 Å². The van der Waals surface area contributed by atoms with E-state index < -0.39 is 0 Å². The van der Waals surface area contributed by atoms with Crippen molar-refractivity contribution in [3.63, 3.8) is 0 Å². The van der Waals surface area contributed by atoms with Crippen LogP contribution in [0.5, 0.6) is 0 Å². The molecule has 8 heteroatoms. The van der Waals surface area contributed by atoms with Gasteiger partial charge >= 0.3 is 5.97 Å². The lowest BCUT2D eigenvalue weighted by molar-refractivity contribution is -0.141. The number of nitroso groups, excluding NO2 is 1. The van der Waals surface area contributed by atoms with E-state index in [1.165, 1.54) is 30.2 Å². The smallest absolute Gasteiger partial charge is 0.306 e. The third kappa shape index (κ3) is 4.11. The Labute approximate surface area is 136 Å². The molecule has 0 N–H and O–H groups in total. The van der Waals surface area contributed by atoms with E-state index in [4.69, 9.17) is 0 Å². The van der Waals surface area contributed by atoms with Crippen LogP contribution >= 0.6 is 23.1 Å². The van der Waals surface area contributed by atoms with Gasteiger partial charge < -0.3 is 4.74 Å². The van der Waals surface area contributed by atoms with E-state index in [9.17, 15) is 9.70 Å². The van der Waals surface area contributed by atoms with Gasteiger partial charge in [-0.05, 0) is 24.5 Å². The van der Waals surface area contributed by atoms with Crippen LogP contribution < -0.4 is 0 Å². The molecule has 1 unspecified atom stereocenters. The molecule has 2 aromatic heterocycles. The van der Waals surface area contributed by atoms with Crippen LogP contribution in [0.2, 0.25) is 0 Å². The number of esters is 1. The quantitative estimate of drug-likeness (QED) is 0.333. The van der Waals surface area contributed by atoms with Gasteiger partial charge in [-0.1, -0.05) is 16.9 Å². The Morgan fingerprint density at radius 3 is 2.95 bits per heavy atom. The molecule has 22 heavy (non-hydrogen) atoms. The largest absolute Gasteiger partial charge is 0.469 e. The number of carbonyl (C=O) groups excluding carboxylic acids is 1. The van der Waals surface area contributed by atoms with Gasteiger partial charge in [0, 0.05) is 17.0 Å². The predicted octanol–water partition coefficient (Wildman–Crippen LogP) is 3.34. The van der Waals surface area contributed by atoms with Crippen molar-refractivity contribution in [2.24, 2.45) is 5.18 Å². The average Bonchev–Trinajstić information content (AvgIpc) is 3.04. The van der Waals surface area contributed by atoms with Crippen LogP contribution in [0.4, 0.5) is 0 Å². The van der Waals surface area contributed by atoms with Gasteiger partial charge in [-0.25, -0.2) is 9.97 Å². The fraction of sp³-hybridized carbons (Fsp3) is 0.357. The Bertz CT molecular complexity index is 660. The van der Waals surface area contributed by atoms with Crippen molar-refractivity contribution in [2.45, 2.75) is 17.5 Å². The number of aromatic nitrogens is 2. The van der Waals surface area contributed by atoms with Crippen molar-refractivity contribution in [1.29, 1.82) is 0 Å². The number of carbonyl (C=O) groups is 1. The second-order valence-electron chi connectivity index (χ2n) is 4.42. The number of methoxy groups -OCH3 is 1. The zero-order chi connectivity index (χ0) is 15.9. The molecular formula is C14H15N3O3S2. The van der Waals surface area contributed by atoms with Crippen LogP contribution in [-0.4, -0.2) is 35.8 Å². The molecule has 0 saturated heterocycles. The summed E-state index contributed by atoms with van der Waals surface area (Å²) in [7, 11) is 1.33. The molecule has 0 aromatic carbocycles. The maximum Gasteiger partial charge on any atom is 0.306 e. The van der Waals surface area contributed by atoms with Gasteiger partial charge in [0.05, 0.1) is 30.6 Å². The Kier molecular flexibility index (Phi) is 6.02. The molecule has 0 aliphatic rings. The fourth-order valence-electron chi connectivity index (χ4n) is 1.92. The molecule has 0 aliphatic heterocycles. The lowest BCUT2D eigenvalue weighted by Crippen LogP contribution is -2.10. The van der Waals surface area contributed by atoms with Crippen LogP contribution in [0.3, 0.4) is 0 Å². The second-order valence-corrected chi connectivity index (χ2v) is 6.31. The van der Waals surface area contributed by atoms with E-state index in [0.717, 1.165) is 15.4 Å². The zero-order valence-corrected chi connectivity index (χ0v) is 13.8. The van der Waals surface area contributed by atoms with Crippen molar-refractivity contribution in [3.8, 4) is 10.6 Å². The molecule has 0 saturated carbocycles. The van der Waals surface area contributed by atoms with Crippen LogP contribution in [0.25, 0.3) is 10.6 Å². The summed E-state index contributed by atoms with van der Waals surface area (Å²) < 4.78 is 4.67. The molecule has 0 bridgehead atoms. The number of hydrogen-bond acceptors (Lipinski definition) is 8. The van der Waals surface area contributed by atoms with Crippen LogP contribution in [0, 0.1) is 4.91 Å². The van der Waals surface area contributed by atoms with Crippen LogP contribution in [0.1, 0.15) is 17.2 Å². The summed E-state index contributed by atoms with van der Waals surface area (Å²) >= 11 is 2.97. The first-order valence-corrected chi connectivity index (χ1v) is 8.55. The third-order valence-electron chi connectivity index (χ3n) is 3.03. The molecule has 2 heterocycles. The highest BCUT2D eigenvalue weighted by Gasteiger charge is 2.19. The summed E-state index contributed by atoms with van der Waals surface area (Å²) in [5.74, 6) is -0.610. The number of hydrogen-bond donors (Lipinski definition) is 0. The molecule has 0 aliphatic carbocycles. The van der Waals surface area contributed by atoms with E-state index in [1.807, 2.05) is 24.5 Å². The highest BCUT2D eigenvalue weighted by molar-refractivity contribution is 7.98. The molecule has 116 valence electrons. The number of thiophene rings is 1. The molecule has 2 rings (SSSR count). The summed E-state index contributed by atoms with van der Waals surface area (Å²) in [5, 5.41) is 3.63. The number of rotatable bonds is 7. The highest BCUT2D eigenvalue weighted by Crippen LogP contribution is 2.33. The second kappa shape index (κ2) is 8.00. The van der Waals surface area contributed by atoms with E-state index in [-0.39, 0.29) is 24.9 Å². The van der Waals surface area contributed by atoms with Crippen molar-refractivity contribution >= 4 is 29.1 Å². The maximum absolute atomic E-state index is 11.4. The molecule has 1 atom stereocenters. The lowest BCUT2D eigenvalue weighted by atomic mass is 10.0. The minimum atomic E-state index is -0.352. The third-order valence-corrected chi connectivity index (χ3v) is 4.87. The van der Waals surface area contributed by atoms with Gasteiger partial charge in [0.1, 0.15) is 0 Å². The van der Waals surface area contributed by atoms with Crippen molar-refractivity contribution in [2.75, 3.05) is 19.9 Å². The lowest BCUT2D eigenvalue weighted by Gasteiger charge is -2.09. The summed E-state index contributed by atoms with van der Waals surface area (Å²) in [6.07, 6.45) is 3.77. The molecular weight excluding hydrogens is 322 g/mol. The van der Waals surface area contributed by atoms with Crippen molar-refractivity contribution < 1.29 is 9.53 Å². The average molecular weight is 337 g/mol. The Hall–Kier alpha value is -1.80. The molecule has 6 nitrogen and oxygen atoms in total. The van der Waals surface area contributed by atoms with Gasteiger partial charge in [-0.2, -0.15) is 4.91 Å². The number of ether oxygens (including phenoxy) is 1. The molecule has 0 spiro atoms. The van der Waals surface area contributed by atoms with Crippen molar-refractivity contribution in [1.82, 2.24) is 9.97 Å². The summed E-state index contributed by atoms with van der Waals surface area (Å²) in [4.78, 5) is 32.5. The number of thioether (sulfide) groups is 1. The Balaban J connectivity index is 2.24. The first kappa shape index (κ1) is 16.6. The first-order valence-electron chi connectivity index (χ1n) is 6.51. The highest BCUT2D eigenvalue weighted by atomic mass is 32.2. The van der Waals surface area contributed by atoms with Gasteiger partial charge in [-0.15, -0.1) is 11.3 Å². The SMILES string of the molecule is COC(=O)CC(CN=O)c1ccc(-c2ccnc(SC)n2)s1. The molecule has 0 fully saturated rings. The normalized spacial score (nSPS) is 11.9. The van der Waals surface area contributed by atoms with E-state index in [0.29, 0.717) is 5.16 Å². The summed E-state index contributed by atoms with van der Waals surface area (Å²) in [6.45, 7) is 0.0505. The Morgan fingerprint density at radius 2 is 2.27 bits per heavy atom. The first-order chi connectivity index (χ1) is 10.7. The molecule has 0 radical (unpaired) electrons. The van der Waals surface area contributed by atoms with Crippen LogP contribution in [0.15, 0.2) is 34.7 Å². The Morgan fingerprint density at radius 1 is 1.45 bits per heavy atom.